The lowest BCUT2D eigenvalue weighted by molar-refractivity contribution is -0.137. The number of ether oxygens (including phenoxy) is 1. The molecule has 4 rings (SSSR count). The van der Waals surface area contributed by atoms with Crippen molar-refractivity contribution in [2.45, 2.75) is 19.0 Å². The summed E-state index contributed by atoms with van der Waals surface area (Å²) >= 11 is 0. The van der Waals surface area contributed by atoms with Gasteiger partial charge < -0.3 is 9.72 Å². The van der Waals surface area contributed by atoms with Crippen LogP contribution >= 0.6 is 0 Å². The Kier molecular flexibility index (Phi) is 4.92. The van der Waals surface area contributed by atoms with Crippen LogP contribution in [0.5, 0.6) is 5.88 Å². The number of aromatic amines is 1. The zero-order valence-corrected chi connectivity index (χ0v) is 15.5. The molecule has 0 fully saturated rings. The van der Waals surface area contributed by atoms with Crippen molar-refractivity contribution in [3.05, 3.63) is 83.1 Å². The molecule has 0 aliphatic carbocycles. The molecule has 0 spiro atoms. The van der Waals surface area contributed by atoms with E-state index >= 15 is 0 Å². The van der Waals surface area contributed by atoms with Crippen LogP contribution in [-0.2, 0) is 19.0 Å². The van der Waals surface area contributed by atoms with E-state index in [1.54, 1.807) is 31.9 Å². The summed E-state index contributed by atoms with van der Waals surface area (Å²) in [5.74, 6) is 0.556. The van der Waals surface area contributed by atoms with Gasteiger partial charge in [-0.1, -0.05) is 12.1 Å². The molecule has 0 saturated heterocycles. The zero-order chi connectivity index (χ0) is 20.4. The number of H-pyrrole nitrogens is 1. The van der Waals surface area contributed by atoms with Crippen LogP contribution in [-0.4, -0.2) is 27.0 Å². The topological polar surface area (TPSA) is 63.7 Å². The lowest BCUT2D eigenvalue weighted by Gasteiger charge is -2.08. The van der Waals surface area contributed by atoms with E-state index in [0.29, 0.717) is 29.8 Å². The first kappa shape index (κ1) is 18.9. The van der Waals surface area contributed by atoms with Gasteiger partial charge in [-0.15, -0.1) is 0 Å². The number of nitrogens with one attached hydrogen (secondary N) is 1. The Morgan fingerprint density at radius 3 is 2.48 bits per heavy atom. The molecule has 5 nitrogen and oxygen atoms in total. The van der Waals surface area contributed by atoms with Gasteiger partial charge in [0.05, 0.1) is 12.7 Å². The Labute approximate surface area is 164 Å². The van der Waals surface area contributed by atoms with Gasteiger partial charge in [0.2, 0.25) is 5.88 Å². The fraction of sp³-hybridized carbons (Fsp3) is 0.190. The zero-order valence-electron chi connectivity index (χ0n) is 15.5. The van der Waals surface area contributed by atoms with Crippen molar-refractivity contribution in [1.82, 2.24) is 19.9 Å². The fourth-order valence-electron chi connectivity index (χ4n) is 3.28. The van der Waals surface area contributed by atoms with Crippen molar-refractivity contribution in [3.8, 4) is 5.88 Å². The van der Waals surface area contributed by atoms with E-state index in [0.717, 1.165) is 34.5 Å². The van der Waals surface area contributed by atoms with E-state index in [1.807, 2.05) is 18.2 Å². The first-order valence-corrected chi connectivity index (χ1v) is 8.88. The van der Waals surface area contributed by atoms with Gasteiger partial charge >= 0.3 is 6.18 Å². The molecule has 0 unspecified atom stereocenters. The first-order valence-electron chi connectivity index (χ1n) is 8.88. The highest BCUT2D eigenvalue weighted by molar-refractivity contribution is 5.80. The minimum absolute atomic E-state index is 0.428. The molecule has 4 aromatic heterocycles. The number of hydrogen-bond acceptors (Lipinski definition) is 4. The molecule has 4 aromatic rings. The highest BCUT2D eigenvalue weighted by Gasteiger charge is 2.31. The van der Waals surface area contributed by atoms with Gasteiger partial charge in [0.1, 0.15) is 5.65 Å². The molecule has 0 aliphatic rings. The van der Waals surface area contributed by atoms with Gasteiger partial charge in [-0.3, -0.25) is 4.98 Å². The average Bonchev–Trinajstić information content (AvgIpc) is 3.10. The maximum atomic E-state index is 13.0. The summed E-state index contributed by atoms with van der Waals surface area (Å²) in [6, 6.07) is 6.89. The van der Waals surface area contributed by atoms with Crippen molar-refractivity contribution in [2.75, 3.05) is 7.11 Å². The van der Waals surface area contributed by atoms with Crippen LogP contribution in [0.1, 0.15) is 27.8 Å². The lowest BCUT2D eigenvalue weighted by atomic mass is 10.0. The molecule has 0 atom stereocenters. The Bertz CT molecular complexity index is 1150. The third kappa shape index (κ3) is 4.06. The number of pyridine rings is 3. The van der Waals surface area contributed by atoms with Crippen molar-refractivity contribution in [1.29, 1.82) is 0 Å². The summed E-state index contributed by atoms with van der Waals surface area (Å²) in [6.07, 6.45) is 4.26. The van der Waals surface area contributed by atoms with E-state index < -0.39 is 11.7 Å². The summed E-state index contributed by atoms with van der Waals surface area (Å²) in [7, 11) is 1.57. The third-order valence-electron chi connectivity index (χ3n) is 4.63. The molecule has 29 heavy (non-hydrogen) atoms. The van der Waals surface area contributed by atoms with Crippen molar-refractivity contribution >= 4 is 11.0 Å². The van der Waals surface area contributed by atoms with Gasteiger partial charge in [-0.05, 0) is 28.8 Å². The second-order valence-electron chi connectivity index (χ2n) is 6.66. The van der Waals surface area contributed by atoms with Crippen LogP contribution < -0.4 is 4.74 Å². The summed E-state index contributed by atoms with van der Waals surface area (Å²) < 4.78 is 44.4. The number of nitrogens with zero attached hydrogens (tertiary/aromatic N) is 3. The van der Waals surface area contributed by atoms with Crippen molar-refractivity contribution in [3.63, 3.8) is 0 Å². The second kappa shape index (κ2) is 7.54. The molecule has 1 N–H and O–H groups in total. The highest BCUT2D eigenvalue weighted by Crippen LogP contribution is 2.31. The lowest BCUT2D eigenvalue weighted by Crippen LogP contribution is -2.05. The fourth-order valence-corrected chi connectivity index (χ4v) is 3.28. The molecule has 148 valence electrons. The van der Waals surface area contributed by atoms with Crippen LogP contribution in [0, 0.1) is 0 Å². The molecule has 0 amide bonds. The molecule has 0 radical (unpaired) electrons. The summed E-state index contributed by atoms with van der Waals surface area (Å²) in [5.41, 5.74) is 3.18. The van der Waals surface area contributed by atoms with Crippen molar-refractivity contribution in [2.24, 2.45) is 0 Å². The normalized spacial score (nSPS) is 11.7. The van der Waals surface area contributed by atoms with Crippen molar-refractivity contribution < 1.29 is 17.9 Å². The second-order valence-corrected chi connectivity index (χ2v) is 6.66. The smallest absolute Gasteiger partial charge is 0.417 e. The van der Waals surface area contributed by atoms with Gasteiger partial charge in [-0.25, -0.2) is 9.97 Å². The third-order valence-corrected chi connectivity index (χ3v) is 4.63. The van der Waals surface area contributed by atoms with E-state index in [4.69, 9.17) is 4.74 Å². The largest absolute Gasteiger partial charge is 0.481 e. The standard InChI is InChI=1S/C21H17F3N4O/c1-29-20-15(3-2-4-26-20)6-13-5-14(10-25-9-13)7-16-11-27-19-18(16)8-17(12-28-19)21(22,23)24/h2-5,8-12H,6-7H2,1H3,(H,27,28). The van der Waals surface area contributed by atoms with Gasteiger partial charge in [0.15, 0.2) is 0 Å². The number of rotatable bonds is 5. The minimum Gasteiger partial charge on any atom is -0.481 e. The Morgan fingerprint density at radius 1 is 1.00 bits per heavy atom. The van der Waals surface area contributed by atoms with E-state index in [-0.39, 0.29) is 0 Å². The van der Waals surface area contributed by atoms with Crippen LogP contribution in [0.4, 0.5) is 13.2 Å². The van der Waals surface area contributed by atoms with E-state index in [1.165, 1.54) is 0 Å². The quantitative estimate of drug-likeness (QED) is 0.535. The summed E-state index contributed by atoms with van der Waals surface area (Å²) in [5, 5.41) is 0.458. The first-order chi connectivity index (χ1) is 13.9. The minimum atomic E-state index is -4.43. The Morgan fingerprint density at radius 2 is 1.76 bits per heavy atom. The molecule has 0 bridgehead atoms. The van der Waals surface area contributed by atoms with Gasteiger partial charge in [-0.2, -0.15) is 13.2 Å². The number of fused-ring (bicyclic) bond motifs is 1. The van der Waals surface area contributed by atoms with Crippen LogP contribution in [0.2, 0.25) is 0 Å². The average molecular weight is 398 g/mol. The predicted molar refractivity (Wildman–Crippen MR) is 102 cm³/mol. The predicted octanol–water partition coefficient (Wildman–Crippen LogP) is 4.56. The summed E-state index contributed by atoms with van der Waals surface area (Å²) in [4.78, 5) is 15.3. The molecule has 0 aliphatic heterocycles. The van der Waals surface area contributed by atoms with Crippen LogP contribution in [0.25, 0.3) is 11.0 Å². The SMILES string of the molecule is COc1ncccc1Cc1cncc(Cc2c[nH]c3ncc(C(F)(F)F)cc23)c1. The van der Waals surface area contributed by atoms with Gasteiger partial charge in [0, 0.05) is 54.8 Å². The maximum absolute atomic E-state index is 13.0. The van der Waals surface area contributed by atoms with Gasteiger partial charge in [0.25, 0.3) is 0 Å². The Balaban J connectivity index is 1.61. The molecular formula is C21H17F3N4O. The van der Waals surface area contributed by atoms with Crippen LogP contribution in [0.15, 0.2) is 55.2 Å². The van der Waals surface area contributed by atoms with E-state index in [2.05, 4.69) is 19.9 Å². The molecular weight excluding hydrogens is 381 g/mol. The number of methoxy groups -OCH3 is 1. The number of aromatic nitrogens is 4. The number of hydrogen-bond donors (Lipinski definition) is 1. The maximum Gasteiger partial charge on any atom is 0.417 e. The molecule has 4 heterocycles. The van der Waals surface area contributed by atoms with E-state index in [9.17, 15) is 13.2 Å². The molecule has 0 saturated carbocycles. The number of halogens is 3. The highest BCUT2D eigenvalue weighted by atomic mass is 19.4. The Hall–Kier alpha value is -3.42. The number of alkyl halides is 3. The molecule has 8 heteroatoms. The molecule has 0 aromatic carbocycles. The van der Waals surface area contributed by atoms with Crippen LogP contribution in [0.3, 0.4) is 0 Å². The monoisotopic (exact) mass is 398 g/mol. The summed E-state index contributed by atoms with van der Waals surface area (Å²) in [6.45, 7) is 0.